The molecule has 230 valence electrons. The molecular weight excluding hydrogens is 506 g/mol. The highest BCUT2D eigenvalue weighted by Crippen LogP contribution is 2.40. The Kier molecular flexibility index (Phi) is 19.6. The van der Waals surface area contributed by atoms with E-state index < -0.39 is 0 Å². The molecule has 0 N–H and O–H groups in total. The summed E-state index contributed by atoms with van der Waals surface area (Å²) in [5.41, 5.74) is 3.27. The zero-order valence-electron chi connectivity index (χ0n) is 26.9. The lowest BCUT2D eigenvalue weighted by molar-refractivity contribution is 0.234. The van der Waals surface area contributed by atoms with Crippen molar-refractivity contribution in [2.45, 2.75) is 137 Å². The Morgan fingerprint density at radius 2 is 1.02 bits per heavy atom. The number of rotatable bonds is 25. The quantitative estimate of drug-likeness (QED) is 0.0888. The molecule has 4 heteroatoms. The van der Waals surface area contributed by atoms with Crippen molar-refractivity contribution >= 4 is 11.9 Å². The van der Waals surface area contributed by atoms with E-state index in [0.29, 0.717) is 19.8 Å². The molecule has 0 unspecified atom stereocenters. The third-order valence-electron chi connectivity index (χ3n) is 7.46. The topological polar surface area (TPSA) is 40.0 Å². The maximum absolute atomic E-state index is 6.45. The molecular formula is C37H59NO3. The van der Waals surface area contributed by atoms with Crippen molar-refractivity contribution in [2.75, 3.05) is 19.8 Å². The molecule has 41 heavy (non-hydrogen) atoms. The molecule has 0 saturated carbocycles. The molecule has 2 aromatic carbocycles. The Balaban J connectivity index is 2.23. The van der Waals surface area contributed by atoms with E-state index in [4.69, 9.17) is 19.2 Å². The van der Waals surface area contributed by atoms with Crippen molar-refractivity contribution in [2.24, 2.45) is 4.99 Å². The Hall–Kier alpha value is -2.49. The minimum Gasteiger partial charge on any atom is -0.490 e. The fourth-order valence-electron chi connectivity index (χ4n) is 4.83. The molecule has 0 aliphatic heterocycles. The lowest BCUT2D eigenvalue weighted by Gasteiger charge is -2.19. The van der Waals surface area contributed by atoms with Gasteiger partial charge >= 0.3 is 0 Å². The number of benzene rings is 2. The van der Waals surface area contributed by atoms with Crippen LogP contribution in [0.15, 0.2) is 41.4 Å². The van der Waals surface area contributed by atoms with Crippen molar-refractivity contribution in [1.82, 2.24) is 0 Å². The molecule has 0 saturated heterocycles. The van der Waals surface area contributed by atoms with Crippen LogP contribution in [0, 0.1) is 0 Å². The molecule has 0 heterocycles. The second kappa shape index (κ2) is 23.1. The molecule has 0 atom stereocenters. The second-order valence-corrected chi connectivity index (χ2v) is 11.3. The summed E-state index contributed by atoms with van der Waals surface area (Å²) in [6.45, 7) is 11.0. The lowest BCUT2D eigenvalue weighted by atomic mass is 10.1. The first-order valence-corrected chi connectivity index (χ1v) is 16.9. The van der Waals surface area contributed by atoms with E-state index in [2.05, 4.69) is 58.0 Å². The maximum Gasteiger partial charge on any atom is 0.204 e. The van der Waals surface area contributed by atoms with Crippen LogP contribution in [0.4, 0.5) is 5.69 Å². The summed E-state index contributed by atoms with van der Waals surface area (Å²) in [6.07, 6.45) is 22.2. The number of aliphatic imine (C=N–C) groups is 1. The number of hydrogen-bond acceptors (Lipinski definition) is 4. The van der Waals surface area contributed by atoms with Gasteiger partial charge in [-0.05, 0) is 61.9 Å². The summed E-state index contributed by atoms with van der Waals surface area (Å²) in [5.74, 6) is 2.28. The third-order valence-corrected chi connectivity index (χ3v) is 7.46. The predicted molar refractivity (Wildman–Crippen MR) is 177 cm³/mol. The van der Waals surface area contributed by atoms with E-state index in [1.54, 1.807) is 0 Å². The van der Waals surface area contributed by atoms with Gasteiger partial charge in [-0.3, -0.25) is 4.99 Å². The van der Waals surface area contributed by atoms with Gasteiger partial charge in [0.25, 0.3) is 0 Å². The van der Waals surface area contributed by atoms with E-state index in [9.17, 15) is 0 Å². The van der Waals surface area contributed by atoms with Gasteiger partial charge in [0.05, 0.1) is 25.5 Å². The first-order chi connectivity index (χ1) is 20.2. The van der Waals surface area contributed by atoms with Crippen LogP contribution in [0.2, 0.25) is 0 Å². The van der Waals surface area contributed by atoms with Crippen LogP contribution in [-0.2, 0) is 6.42 Å². The van der Waals surface area contributed by atoms with Gasteiger partial charge in [0.1, 0.15) is 0 Å². The Labute approximate surface area is 252 Å². The SMILES string of the molecule is CCCCCCOc1ccc(C=Nc2ccc(CCCCCC)cc2)c(OCCCCCC)c1OCCCCCC. The van der Waals surface area contributed by atoms with Gasteiger partial charge in [0.2, 0.25) is 5.75 Å². The average molecular weight is 566 g/mol. The van der Waals surface area contributed by atoms with Crippen molar-refractivity contribution in [3.8, 4) is 17.2 Å². The van der Waals surface area contributed by atoms with Crippen LogP contribution in [0.3, 0.4) is 0 Å². The van der Waals surface area contributed by atoms with E-state index in [1.165, 1.54) is 89.0 Å². The van der Waals surface area contributed by atoms with Crippen molar-refractivity contribution in [1.29, 1.82) is 0 Å². The largest absolute Gasteiger partial charge is 0.490 e. The van der Waals surface area contributed by atoms with Gasteiger partial charge in [-0.15, -0.1) is 0 Å². The highest BCUT2D eigenvalue weighted by atomic mass is 16.5. The predicted octanol–water partition coefficient (Wildman–Crippen LogP) is 11.4. The van der Waals surface area contributed by atoms with Gasteiger partial charge in [-0.1, -0.05) is 117 Å². The lowest BCUT2D eigenvalue weighted by Crippen LogP contribution is -2.08. The van der Waals surface area contributed by atoms with Crippen LogP contribution in [0.1, 0.15) is 142 Å². The Morgan fingerprint density at radius 3 is 1.59 bits per heavy atom. The normalized spacial score (nSPS) is 11.3. The standard InChI is InChI=1S/C37H59NO3/c1-5-9-13-17-21-32-22-25-34(26-23-32)38-31-33-24-27-35(39-28-18-14-10-6-2)37(41-30-20-16-12-8-4)36(33)40-29-19-15-11-7-3/h22-27,31H,5-21,28-30H2,1-4H3. The van der Waals surface area contributed by atoms with Gasteiger partial charge < -0.3 is 14.2 Å². The first-order valence-electron chi connectivity index (χ1n) is 16.9. The summed E-state index contributed by atoms with van der Waals surface area (Å²) in [4.78, 5) is 4.83. The highest BCUT2D eigenvalue weighted by molar-refractivity contribution is 5.87. The highest BCUT2D eigenvalue weighted by Gasteiger charge is 2.18. The molecule has 0 radical (unpaired) electrons. The number of unbranched alkanes of at least 4 members (excludes halogenated alkanes) is 12. The van der Waals surface area contributed by atoms with Gasteiger partial charge in [-0.2, -0.15) is 0 Å². The molecule has 0 aliphatic carbocycles. The van der Waals surface area contributed by atoms with Crippen LogP contribution < -0.4 is 14.2 Å². The van der Waals surface area contributed by atoms with E-state index >= 15 is 0 Å². The molecule has 4 nitrogen and oxygen atoms in total. The number of hydrogen-bond donors (Lipinski definition) is 0. The molecule has 0 spiro atoms. The van der Waals surface area contributed by atoms with Crippen molar-refractivity contribution in [3.63, 3.8) is 0 Å². The van der Waals surface area contributed by atoms with E-state index in [0.717, 1.165) is 54.2 Å². The van der Waals surface area contributed by atoms with E-state index in [1.807, 2.05) is 12.3 Å². The first kappa shape index (κ1) is 34.7. The smallest absolute Gasteiger partial charge is 0.204 e. The summed E-state index contributed by atoms with van der Waals surface area (Å²) in [5, 5.41) is 0. The third kappa shape index (κ3) is 14.8. The van der Waals surface area contributed by atoms with E-state index in [-0.39, 0.29) is 0 Å². The zero-order valence-corrected chi connectivity index (χ0v) is 26.9. The Bertz CT molecular complexity index is 938. The molecule has 0 bridgehead atoms. The Morgan fingerprint density at radius 1 is 0.512 bits per heavy atom. The fourth-order valence-corrected chi connectivity index (χ4v) is 4.83. The van der Waals surface area contributed by atoms with Crippen molar-refractivity contribution < 1.29 is 14.2 Å². The minimum atomic E-state index is 0.665. The molecule has 0 fully saturated rings. The van der Waals surface area contributed by atoms with Gasteiger partial charge in [-0.25, -0.2) is 0 Å². The van der Waals surface area contributed by atoms with Gasteiger partial charge in [0.15, 0.2) is 11.5 Å². The molecule has 0 aliphatic rings. The molecule has 2 rings (SSSR count). The fraction of sp³-hybridized carbons (Fsp3) is 0.649. The maximum atomic E-state index is 6.45. The summed E-state index contributed by atoms with van der Waals surface area (Å²) < 4.78 is 19.2. The molecule has 0 amide bonds. The summed E-state index contributed by atoms with van der Waals surface area (Å²) in [6, 6.07) is 12.8. The number of aryl methyl sites for hydroxylation is 1. The van der Waals surface area contributed by atoms with Crippen LogP contribution in [0.5, 0.6) is 17.2 Å². The second-order valence-electron chi connectivity index (χ2n) is 11.3. The van der Waals surface area contributed by atoms with Crippen LogP contribution in [-0.4, -0.2) is 26.0 Å². The van der Waals surface area contributed by atoms with Gasteiger partial charge in [0, 0.05) is 11.8 Å². The zero-order chi connectivity index (χ0) is 29.4. The molecule has 0 aromatic heterocycles. The van der Waals surface area contributed by atoms with Crippen LogP contribution >= 0.6 is 0 Å². The monoisotopic (exact) mass is 565 g/mol. The number of nitrogens with zero attached hydrogens (tertiary/aromatic N) is 1. The van der Waals surface area contributed by atoms with Crippen molar-refractivity contribution in [3.05, 3.63) is 47.5 Å². The minimum absolute atomic E-state index is 0.665. The summed E-state index contributed by atoms with van der Waals surface area (Å²) >= 11 is 0. The molecule has 2 aromatic rings. The summed E-state index contributed by atoms with van der Waals surface area (Å²) in [7, 11) is 0. The van der Waals surface area contributed by atoms with Crippen LogP contribution in [0.25, 0.3) is 0 Å². The number of ether oxygens (including phenoxy) is 3. The average Bonchev–Trinajstić information content (AvgIpc) is 2.99.